The van der Waals surface area contributed by atoms with Crippen LogP contribution in [0.3, 0.4) is 0 Å². The van der Waals surface area contributed by atoms with Crippen molar-refractivity contribution in [2.75, 3.05) is 31.1 Å². The molecule has 0 spiro atoms. The van der Waals surface area contributed by atoms with Gasteiger partial charge in [0.05, 0.1) is 6.04 Å². The van der Waals surface area contributed by atoms with Gasteiger partial charge in [0.15, 0.2) is 0 Å². The van der Waals surface area contributed by atoms with Gasteiger partial charge in [0.1, 0.15) is 5.82 Å². The Labute approximate surface area is 141 Å². The maximum atomic E-state index is 12.1. The average molecular weight is 335 g/mol. The Kier molecular flexibility index (Phi) is 4.48. The van der Waals surface area contributed by atoms with Gasteiger partial charge in [0.2, 0.25) is 11.0 Å². The molecule has 2 saturated heterocycles. The highest BCUT2D eigenvalue weighted by atomic mass is 32.1. The van der Waals surface area contributed by atoms with Crippen LogP contribution < -0.4 is 15.5 Å². The van der Waals surface area contributed by atoms with Gasteiger partial charge in [-0.25, -0.2) is 4.98 Å². The second kappa shape index (κ2) is 6.73. The number of nitrogens with zero attached hydrogens (tertiary/aromatic N) is 3. The van der Waals surface area contributed by atoms with Gasteiger partial charge in [-0.3, -0.25) is 4.79 Å². The van der Waals surface area contributed by atoms with E-state index in [-0.39, 0.29) is 11.9 Å². The van der Waals surface area contributed by atoms with Gasteiger partial charge in [0, 0.05) is 37.1 Å². The third-order valence-corrected chi connectivity index (χ3v) is 5.90. The van der Waals surface area contributed by atoms with Crippen molar-refractivity contribution in [1.29, 1.82) is 0 Å². The summed E-state index contributed by atoms with van der Waals surface area (Å²) in [6, 6.07) is 0.0268. The van der Waals surface area contributed by atoms with Gasteiger partial charge < -0.3 is 15.5 Å². The summed E-state index contributed by atoms with van der Waals surface area (Å²) in [6.45, 7) is 3.79. The summed E-state index contributed by atoms with van der Waals surface area (Å²) in [4.78, 5) is 19.2. The summed E-state index contributed by atoms with van der Waals surface area (Å²) >= 11 is 1.54. The van der Waals surface area contributed by atoms with E-state index in [1.807, 2.05) is 0 Å². The van der Waals surface area contributed by atoms with Gasteiger partial charge in [-0.15, -0.1) is 0 Å². The fraction of sp³-hybridized carbons (Fsp3) is 0.812. The highest BCUT2D eigenvalue weighted by Gasteiger charge is 2.30. The summed E-state index contributed by atoms with van der Waals surface area (Å²) in [5, 5.41) is 7.47. The smallest absolute Gasteiger partial charge is 0.237 e. The van der Waals surface area contributed by atoms with E-state index < -0.39 is 0 Å². The number of nitrogens with one attached hydrogen (secondary N) is 2. The normalized spacial score (nSPS) is 28.1. The maximum absolute atomic E-state index is 12.1. The maximum Gasteiger partial charge on any atom is 0.237 e. The van der Waals surface area contributed by atoms with Crippen molar-refractivity contribution < 1.29 is 4.79 Å². The standard InChI is InChI=1S/C16H25N5OS/c22-15(13-4-1-7-17-13)18-9-11-3-2-8-21(10-11)16-19-14(20-23-16)12-5-6-12/h11-13,17H,1-10H2,(H,18,22). The van der Waals surface area contributed by atoms with E-state index in [1.165, 1.54) is 37.2 Å². The van der Waals surface area contributed by atoms with Crippen molar-refractivity contribution >= 4 is 22.6 Å². The van der Waals surface area contributed by atoms with Crippen LogP contribution in [0.25, 0.3) is 0 Å². The van der Waals surface area contributed by atoms with Crippen LogP contribution in [0, 0.1) is 5.92 Å². The van der Waals surface area contributed by atoms with E-state index >= 15 is 0 Å². The van der Waals surface area contributed by atoms with E-state index in [0.717, 1.165) is 50.0 Å². The lowest BCUT2D eigenvalue weighted by Gasteiger charge is -2.32. The Balaban J connectivity index is 1.28. The number of hydrogen-bond acceptors (Lipinski definition) is 6. The zero-order valence-electron chi connectivity index (χ0n) is 13.5. The van der Waals surface area contributed by atoms with Crippen LogP contribution in [0.1, 0.15) is 50.3 Å². The molecule has 1 aromatic heterocycles. The van der Waals surface area contributed by atoms with Crippen LogP contribution in [0.5, 0.6) is 0 Å². The first-order chi connectivity index (χ1) is 11.3. The number of carbonyl (C=O) groups is 1. The van der Waals surface area contributed by atoms with Crippen molar-refractivity contribution in [3.63, 3.8) is 0 Å². The molecule has 4 rings (SSSR count). The molecule has 0 bridgehead atoms. The largest absolute Gasteiger partial charge is 0.354 e. The predicted octanol–water partition coefficient (Wildman–Crippen LogP) is 1.50. The van der Waals surface area contributed by atoms with E-state index in [0.29, 0.717) is 11.8 Å². The molecule has 1 aliphatic carbocycles. The number of carbonyl (C=O) groups excluding carboxylic acids is 1. The molecule has 126 valence electrons. The Morgan fingerprint density at radius 1 is 1.30 bits per heavy atom. The van der Waals surface area contributed by atoms with Crippen molar-refractivity contribution in [2.24, 2.45) is 5.92 Å². The molecule has 2 atom stereocenters. The molecule has 1 amide bonds. The minimum atomic E-state index is 0.0268. The number of aromatic nitrogens is 2. The van der Waals surface area contributed by atoms with E-state index in [2.05, 4.69) is 19.9 Å². The number of rotatable bonds is 5. The van der Waals surface area contributed by atoms with Gasteiger partial charge >= 0.3 is 0 Å². The SMILES string of the molecule is O=C(NCC1CCCN(c2nc(C3CC3)ns2)C1)C1CCCN1. The van der Waals surface area contributed by atoms with Crippen LogP contribution in [-0.4, -0.2) is 47.5 Å². The number of anilines is 1. The van der Waals surface area contributed by atoms with Gasteiger partial charge in [0.25, 0.3) is 0 Å². The summed E-state index contributed by atoms with van der Waals surface area (Å²) in [5.74, 6) is 2.36. The van der Waals surface area contributed by atoms with Gasteiger partial charge in [-0.1, -0.05) is 0 Å². The molecule has 2 unspecified atom stereocenters. The Bertz CT molecular complexity index is 552. The molecule has 3 heterocycles. The molecule has 23 heavy (non-hydrogen) atoms. The third kappa shape index (κ3) is 3.66. The molecule has 3 aliphatic rings. The Morgan fingerprint density at radius 2 is 2.22 bits per heavy atom. The number of hydrogen-bond donors (Lipinski definition) is 2. The minimum Gasteiger partial charge on any atom is -0.354 e. The van der Waals surface area contributed by atoms with Crippen LogP contribution in [0.15, 0.2) is 0 Å². The van der Waals surface area contributed by atoms with Gasteiger partial charge in [-0.05, 0) is 51.0 Å². The molecule has 6 nitrogen and oxygen atoms in total. The molecule has 1 aromatic rings. The summed E-state index contributed by atoms with van der Waals surface area (Å²) in [6.07, 6.45) is 6.93. The van der Waals surface area contributed by atoms with Crippen LogP contribution in [0.4, 0.5) is 5.13 Å². The second-order valence-electron chi connectivity index (χ2n) is 7.06. The molecule has 0 radical (unpaired) electrons. The molecular weight excluding hydrogens is 310 g/mol. The summed E-state index contributed by atoms with van der Waals surface area (Å²) in [7, 11) is 0. The lowest BCUT2D eigenvalue weighted by molar-refractivity contribution is -0.122. The molecule has 3 fully saturated rings. The quantitative estimate of drug-likeness (QED) is 0.853. The zero-order chi connectivity index (χ0) is 15.6. The molecule has 1 saturated carbocycles. The monoisotopic (exact) mass is 335 g/mol. The summed E-state index contributed by atoms with van der Waals surface area (Å²) in [5.41, 5.74) is 0. The van der Waals surface area contributed by atoms with Crippen LogP contribution >= 0.6 is 11.5 Å². The predicted molar refractivity (Wildman–Crippen MR) is 90.9 cm³/mol. The highest BCUT2D eigenvalue weighted by molar-refractivity contribution is 7.09. The lowest BCUT2D eigenvalue weighted by atomic mass is 9.98. The van der Waals surface area contributed by atoms with Crippen molar-refractivity contribution in [3.8, 4) is 0 Å². The fourth-order valence-electron chi connectivity index (χ4n) is 3.54. The minimum absolute atomic E-state index is 0.0268. The third-order valence-electron chi connectivity index (χ3n) is 5.10. The first kappa shape index (κ1) is 15.3. The second-order valence-corrected chi connectivity index (χ2v) is 7.79. The zero-order valence-corrected chi connectivity index (χ0v) is 14.3. The topological polar surface area (TPSA) is 70.2 Å². The summed E-state index contributed by atoms with van der Waals surface area (Å²) < 4.78 is 4.52. The lowest BCUT2D eigenvalue weighted by Crippen LogP contribution is -2.45. The van der Waals surface area contributed by atoms with Crippen LogP contribution in [-0.2, 0) is 4.79 Å². The molecule has 2 aliphatic heterocycles. The van der Waals surface area contributed by atoms with E-state index in [4.69, 9.17) is 4.98 Å². The van der Waals surface area contributed by atoms with E-state index in [1.54, 1.807) is 0 Å². The fourth-order valence-corrected chi connectivity index (χ4v) is 4.32. The first-order valence-corrected chi connectivity index (χ1v) is 9.66. The van der Waals surface area contributed by atoms with Crippen LogP contribution in [0.2, 0.25) is 0 Å². The number of piperidine rings is 1. The average Bonchev–Trinajstić information content (AvgIpc) is 3.09. The van der Waals surface area contributed by atoms with Crippen molar-refractivity contribution in [1.82, 2.24) is 20.0 Å². The van der Waals surface area contributed by atoms with E-state index in [9.17, 15) is 4.79 Å². The highest BCUT2D eigenvalue weighted by Crippen LogP contribution is 2.40. The number of amides is 1. The Hall–Kier alpha value is -1.21. The van der Waals surface area contributed by atoms with Crippen molar-refractivity contribution in [3.05, 3.63) is 5.82 Å². The first-order valence-electron chi connectivity index (χ1n) is 8.89. The Morgan fingerprint density at radius 3 is 3.00 bits per heavy atom. The van der Waals surface area contributed by atoms with Crippen molar-refractivity contribution in [2.45, 2.75) is 50.5 Å². The molecule has 7 heteroatoms. The molecule has 2 N–H and O–H groups in total. The van der Waals surface area contributed by atoms with Gasteiger partial charge in [-0.2, -0.15) is 4.37 Å². The molecule has 0 aromatic carbocycles. The molecular formula is C16H25N5OS.